The number of nitrogens with zero attached hydrogens (tertiary/aromatic N) is 2. The number of aryl methyl sites for hydroxylation is 2. The summed E-state index contributed by atoms with van der Waals surface area (Å²) in [6, 6.07) is 16.7. The van der Waals surface area contributed by atoms with Crippen molar-refractivity contribution >= 4 is 23.4 Å². The molecule has 5 nitrogen and oxygen atoms in total. The maximum Gasteiger partial charge on any atom is 0.412 e. The maximum atomic E-state index is 14.3. The van der Waals surface area contributed by atoms with Gasteiger partial charge in [0.15, 0.2) is 0 Å². The van der Waals surface area contributed by atoms with Gasteiger partial charge in [0.05, 0.1) is 17.4 Å². The largest absolute Gasteiger partial charge is 0.465 e. The van der Waals surface area contributed by atoms with Crippen LogP contribution in [0.15, 0.2) is 60.7 Å². The molecule has 6 heteroatoms. The Hall–Kier alpha value is -3.67. The van der Waals surface area contributed by atoms with Gasteiger partial charge in [-0.25, -0.2) is 9.18 Å². The van der Waals surface area contributed by atoms with Crippen LogP contribution in [0.2, 0.25) is 0 Å². The molecule has 1 N–H and O–H groups in total. The number of amides is 2. The van der Waals surface area contributed by atoms with Gasteiger partial charge in [0, 0.05) is 17.7 Å². The Bertz CT molecular complexity index is 1210. The van der Waals surface area contributed by atoms with Crippen LogP contribution in [0.4, 0.5) is 20.6 Å². The number of anilines is 2. The molecular formula is C26H25FN2O3. The number of carbonyl (C=O) groups is 2. The molecule has 164 valence electrons. The second-order valence-corrected chi connectivity index (χ2v) is 8.12. The Morgan fingerprint density at radius 3 is 2.34 bits per heavy atom. The highest BCUT2D eigenvalue weighted by Crippen LogP contribution is 2.39. The molecule has 32 heavy (non-hydrogen) atoms. The van der Waals surface area contributed by atoms with Crippen molar-refractivity contribution in [2.45, 2.75) is 33.2 Å². The summed E-state index contributed by atoms with van der Waals surface area (Å²) >= 11 is 0. The van der Waals surface area contributed by atoms with Crippen LogP contribution >= 0.6 is 0 Å². The number of fused-ring (bicyclic) bond motifs is 1. The number of carboxylic acid groups (broad SMARTS) is 1. The van der Waals surface area contributed by atoms with Crippen molar-refractivity contribution in [2.24, 2.45) is 0 Å². The Balaban J connectivity index is 1.80. The van der Waals surface area contributed by atoms with Gasteiger partial charge in [0.25, 0.3) is 5.91 Å². The second kappa shape index (κ2) is 8.46. The van der Waals surface area contributed by atoms with Crippen LogP contribution in [0.1, 0.15) is 34.8 Å². The average Bonchev–Trinajstić information content (AvgIpc) is 2.78. The van der Waals surface area contributed by atoms with E-state index in [0.717, 1.165) is 11.1 Å². The van der Waals surface area contributed by atoms with E-state index in [9.17, 15) is 19.1 Å². The first-order valence-corrected chi connectivity index (χ1v) is 10.6. The van der Waals surface area contributed by atoms with Crippen molar-refractivity contribution in [1.29, 1.82) is 0 Å². The van der Waals surface area contributed by atoms with Gasteiger partial charge in [-0.05, 0) is 67.3 Å². The van der Waals surface area contributed by atoms with Crippen molar-refractivity contribution < 1.29 is 19.1 Å². The summed E-state index contributed by atoms with van der Waals surface area (Å²) in [6.07, 6.45) is -0.465. The molecule has 1 atom stereocenters. The molecule has 1 heterocycles. The minimum Gasteiger partial charge on any atom is -0.465 e. The van der Waals surface area contributed by atoms with Gasteiger partial charge in [0.2, 0.25) is 0 Å². The van der Waals surface area contributed by atoms with Gasteiger partial charge in [-0.3, -0.25) is 9.69 Å². The summed E-state index contributed by atoms with van der Waals surface area (Å²) < 4.78 is 14.3. The van der Waals surface area contributed by atoms with Gasteiger partial charge in [-0.1, -0.05) is 37.3 Å². The summed E-state index contributed by atoms with van der Waals surface area (Å²) in [6.45, 7) is 6.03. The van der Waals surface area contributed by atoms with E-state index in [1.165, 1.54) is 11.0 Å². The van der Waals surface area contributed by atoms with E-state index in [4.69, 9.17) is 0 Å². The molecule has 0 aromatic heterocycles. The highest BCUT2D eigenvalue weighted by Gasteiger charge is 2.37. The molecular weight excluding hydrogens is 407 g/mol. The number of rotatable bonds is 3. The van der Waals surface area contributed by atoms with Crippen LogP contribution in [0.25, 0.3) is 11.1 Å². The van der Waals surface area contributed by atoms with E-state index in [1.807, 2.05) is 32.9 Å². The van der Waals surface area contributed by atoms with Crippen LogP contribution < -0.4 is 9.80 Å². The summed E-state index contributed by atoms with van der Waals surface area (Å²) in [5, 5.41) is 9.86. The van der Waals surface area contributed by atoms with E-state index in [2.05, 4.69) is 0 Å². The molecule has 0 saturated carbocycles. The molecule has 3 aromatic carbocycles. The molecule has 0 aliphatic carbocycles. The lowest BCUT2D eigenvalue weighted by molar-refractivity contribution is 0.0982. The van der Waals surface area contributed by atoms with Crippen molar-refractivity contribution in [3.8, 4) is 11.1 Å². The van der Waals surface area contributed by atoms with E-state index < -0.39 is 6.09 Å². The summed E-state index contributed by atoms with van der Waals surface area (Å²) in [5.41, 5.74) is 4.48. The molecule has 3 aromatic rings. The van der Waals surface area contributed by atoms with Crippen LogP contribution in [0.5, 0.6) is 0 Å². The zero-order valence-corrected chi connectivity index (χ0v) is 18.3. The molecule has 1 aliphatic rings. The molecule has 0 bridgehead atoms. The van der Waals surface area contributed by atoms with E-state index in [1.54, 1.807) is 47.4 Å². The molecule has 0 radical (unpaired) electrons. The molecule has 0 saturated heterocycles. The lowest BCUT2D eigenvalue weighted by atomic mass is 9.98. The smallest absolute Gasteiger partial charge is 0.412 e. The fourth-order valence-corrected chi connectivity index (χ4v) is 4.22. The Kier molecular flexibility index (Phi) is 5.70. The second-order valence-electron chi connectivity index (χ2n) is 8.12. The lowest BCUT2D eigenvalue weighted by Gasteiger charge is -2.41. The van der Waals surface area contributed by atoms with Gasteiger partial charge in [-0.15, -0.1) is 0 Å². The fourth-order valence-electron chi connectivity index (χ4n) is 4.22. The molecule has 1 aliphatic heterocycles. The Morgan fingerprint density at radius 1 is 1.00 bits per heavy atom. The quantitative estimate of drug-likeness (QED) is 0.549. The average molecular weight is 432 g/mol. The van der Waals surface area contributed by atoms with Gasteiger partial charge in [-0.2, -0.15) is 0 Å². The van der Waals surface area contributed by atoms with Crippen LogP contribution in [0.3, 0.4) is 0 Å². The van der Waals surface area contributed by atoms with Crippen molar-refractivity contribution in [2.75, 3.05) is 16.3 Å². The van der Waals surface area contributed by atoms with Gasteiger partial charge < -0.3 is 10.0 Å². The predicted molar refractivity (Wildman–Crippen MR) is 124 cm³/mol. The monoisotopic (exact) mass is 432 g/mol. The fraction of sp³-hybridized carbons (Fsp3) is 0.231. The number of hydrogen-bond donors (Lipinski definition) is 1. The highest BCUT2D eigenvalue weighted by molar-refractivity contribution is 6.10. The van der Waals surface area contributed by atoms with Crippen LogP contribution in [-0.4, -0.2) is 29.7 Å². The zero-order valence-electron chi connectivity index (χ0n) is 18.3. The van der Waals surface area contributed by atoms with E-state index >= 15 is 0 Å². The first-order valence-electron chi connectivity index (χ1n) is 10.6. The highest BCUT2D eigenvalue weighted by atomic mass is 19.1. The van der Waals surface area contributed by atoms with Gasteiger partial charge in [0.1, 0.15) is 5.82 Å². The van der Waals surface area contributed by atoms with E-state index in [-0.39, 0.29) is 24.3 Å². The minimum absolute atomic E-state index is 0.240. The first kappa shape index (κ1) is 21.6. The Morgan fingerprint density at radius 2 is 1.69 bits per heavy atom. The van der Waals surface area contributed by atoms with Gasteiger partial charge >= 0.3 is 6.09 Å². The minimum atomic E-state index is -1.03. The lowest BCUT2D eigenvalue weighted by Crippen LogP contribution is -2.52. The topological polar surface area (TPSA) is 60.9 Å². The van der Waals surface area contributed by atoms with Crippen molar-refractivity contribution in [3.05, 3.63) is 83.2 Å². The maximum absolute atomic E-state index is 14.3. The predicted octanol–water partition coefficient (Wildman–Crippen LogP) is 6.03. The molecule has 4 rings (SSSR count). The van der Waals surface area contributed by atoms with Crippen LogP contribution in [-0.2, 0) is 0 Å². The van der Waals surface area contributed by atoms with Crippen LogP contribution in [0, 0.1) is 19.7 Å². The number of carbonyl (C=O) groups excluding carboxylic acids is 1. The molecule has 0 spiro atoms. The normalized spacial score (nSPS) is 15.4. The first-order chi connectivity index (χ1) is 15.3. The molecule has 1 unspecified atom stereocenters. The number of halogens is 1. The SMILES string of the molecule is CCC1CN(C(=O)c2cccc(-c3ccccc3F)c2)c2cc(C)c(C)cc2N1C(=O)O. The zero-order chi connectivity index (χ0) is 23.0. The number of hydrogen-bond acceptors (Lipinski definition) is 2. The van der Waals surface area contributed by atoms with Crippen molar-refractivity contribution in [3.63, 3.8) is 0 Å². The third-order valence-corrected chi connectivity index (χ3v) is 6.12. The molecule has 2 amide bonds. The standard InChI is InChI=1S/C26H25FN2O3/c1-4-20-15-28(23-12-16(2)17(3)13-24(23)29(20)26(31)32)25(30)19-9-7-8-18(14-19)21-10-5-6-11-22(21)27/h5-14,20H,4,15H2,1-3H3,(H,31,32). The Labute approximate surface area is 186 Å². The molecule has 0 fully saturated rings. The van der Waals surface area contributed by atoms with Crippen molar-refractivity contribution in [1.82, 2.24) is 0 Å². The summed E-state index contributed by atoms with van der Waals surface area (Å²) in [5.74, 6) is -0.592. The van der Waals surface area contributed by atoms with E-state index in [0.29, 0.717) is 34.5 Å². The third kappa shape index (κ3) is 3.73. The third-order valence-electron chi connectivity index (χ3n) is 6.12. The summed E-state index contributed by atoms with van der Waals surface area (Å²) in [7, 11) is 0. The summed E-state index contributed by atoms with van der Waals surface area (Å²) in [4.78, 5) is 28.7. The number of benzene rings is 3.